The normalized spacial score (nSPS) is 11.7. The number of carbonyl (C=O) groups excluding carboxylic acids is 1. The molecule has 1 aromatic rings. The number of nitrogens with one attached hydrogen (secondary N) is 1. The molecule has 0 aromatic heterocycles. The highest BCUT2D eigenvalue weighted by atomic mass is 35.5. The minimum atomic E-state index is -1.39. The van der Waals surface area contributed by atoms with E-state index in [-0.39, 0.29) is 12.0 Å². The number of carboxylic acids is 2. The van der Waals surface area contributed by atoms with Crippen LogP contribution in [0.2, 0.25) is 5.02 Å². The fraction of sp³-hybridized carbons (Fsp3) is 0.250. The first-order valence-corrected chi connectivity index (χ1v) is 5.90. The lowest BCUT2D eigenvalue weighted by molar-refractivity contribution is -0.140. The number of benzene rings is 1. The molecule has 20 heavy (non-hydrogen) atoms. The minimum absolute atomic E-state index is 0.215. The van der Waals surface area contributed by atoms with E-state index >= 15 is 0 Å². The predicted molar refractivity (Wildman–Crippen MR) is 67.2 cm³/mol. The molecule has 0 heterocycles. The number of halogens is 2. The van der Waals surface area contributed by atoms with E-state index in [9.17, 15) is 18.8 Å². The van der Waals surface area contributed by atoms with Crippen molar-refractivity contribution in [2.24, 2.45) is 0 Å². The zero-order valence-corrected chi connectivity index (χ0v) is 10.9. The maximum absolute atomic E-state index is 13.2. The highest BCUT2D eigenvalue weighted by Gasteiger charge is 2.23. The number of carboxylic acid groups (broad SMARTS) is 2. The summed E-state index contributed by atoms with van der Waals surface area (Å²) in [6.07, 6.45) is -0.711. The number of carbonyl (C=O) groups is 3. The molecule has 0 aliphatic heterocycles. The van der Waals surface area contributed by atoms with Gasteiger partial charge in [0.15, 0.2) is 0 Å². The van der Waals surface area contributed by atoms with E-state index in [2.05, 4.69) is 5.32 Å². The Labute approximate surface area is 118 Å². The summed E-state index contributed by atoms with van der Waals surface area (Å²) >= 11 is 5.60. The molecule has 1 aromatic carbocycles. The largest absolute Gasteiger partial charge is 0.481 e. The van der Waals surface area contributed by atoms with Crippen LogP contribution in [-0.2, 0) is 9.59 Å². The van der Waals surface area contributed by atoms with Gasteiger partial charge in [-0.1, -0.05) is 17.7 Å². The lowest BCUT2D eigenvalue weighted by Crippen LogP contribution is -2.41. The molecule has 0 fully saturated rings. The summed E-state index contributed by atoms with van der Waals surface area (Å²) in [6, 6.07) is 2.15. The van der Waals surface area contributed by atoms with Crippen molar-refractivity contribution in [2.45, 2.75) is 18.9 Å². The molecule has 1 unspecified atom stereocenters. The lowest BCUT2D eigenvalue weighted by Gasteiger charge is -2.14. The number of amides is 1. The molecule has 0 saturated carbocycles. The molecule has 0 saturated heterocycles. The van der Waals surface area contributed by atoms with Crippen LogP contribution in [0.25, 0.3) is 0 Å². The topological polar surface area (TPSA) is 104 Å². The second-order valence-corrected chi connectivity index (χ2v) is 4.28. The summed E-state index contributed by atoms with van der Waals surface area (Å²) in [6.45, 7) is 0. The van der Waals surface area contributed by atoms with Gasteiger partial charge in [0.1, 0.15) is 11.9 Å². The average Bonchev–Trinajstić information content (AvgIpc) is 2.36. The van der Waals surface area contributed by atoms with Crippen LogP contribution >= 0.6 is 11.6 Å². The van der Waals surface area contributed by atoms with Crippen LogP contribution in [0.15, 0.2) is 18.2 Å². The van der Waals surface area contributed by atoms with Crippen molar-refractivity contribution in [2.75, 3.05) is 0 Å². The first-order valence-electron chi connectivity index (χ1n) is 5.52. The van der Waals surface area contributed by atoms with Crippen LogP contribution in [-0.4, -0.2) is 34.1 Å². The third-order valence-electron chi connectivity index (χ3n) is 2.45. The van der Waals surface area contributed by atoms with E-state index in [0.717, 1.165) is 6.07 Å². The van der Waals surface area contributed by atoms with E-state index in [0.29, 0.717) is 0 Å². The third-order valence-corrected chi connectivity index (χ3v) is 2.83. The van der Waals surface area contributed by atoms with Gasteiger partial charge in [-0.25, -0.2) is 9.18 Å². The van der Waals surface area contributed by atoms with Gasteiger partial charge >= 0.3 is 11.9 Å². The standard InChI is InChI=1S/C12H11ClFNO5/c13-10-6(2-1-3-7(10)14)11(18)15-8(12(19)20)4-5-9(16)17/h1-3,8H,4-5H2,(H,15,18)(H,16,17)(H,19,20). The first kappa shape index (κ1) is 15.9. The van der Waals surface area contributed by atoms with Gasteiger partial charge in [0.2, 0.25) is 0 Å². The monoisotopic (exact) mass is 303 g/mol. The average molecular weight is 304 g/mol. The molecular weight excluding hydrogens is 293 g/mol. The smallest absolute Gasteiger partial charge is 0.326 e. The Morgan fingerprint density at radius 2 is 1.95 bits per heavy atom. The maximum Gasteiger partial charge on any atom is 0.326 e. The maximum atomic E-state index is 13.2. The van der Waals surface area contributed by atoms with Gasteiger partial charge in [-0.05, 0) is 18.6 Å². The first-order chi connectivity index (χ1) is 9.32. The summed E-state index contributed by atoms with van der Waals surface area (Å²) in [4.78, 5) is 33.1. The van der Waals surface area contributed by atoms with Crippen LogP contribution in [0.5, 0.6) is 0 Å². The molecule has 1 rings (SSSR count). The van der Waals surface area contributed by atoms with Crippen molar-refractivity contribution in [3.63, 3.8) is 0 Å². The van der Waals surface area contributed by atoms with Gasteiger partial charge in [-0.3, -0.25) is 9.59 Å². The van der Waals surface area contributed by atoms with Crippen LogP contribution < -0.4 is 5.32 Å². The molecule has 3 N–H and O–H groups in total. The Balaban J connectivity index is 2.83. The molecule has 0 spiro atoms. The molecule has 0 radical (unpaired) electrons. The van der Waals surface area contributed by atoms with Gasteiger partial charge in [-0.15, -0.1) is 0 Å². The number of aliphatic carboxylic acids is 2. The minimum Gasteiger partial charge on any atom is -0.481 e. The van der Waals surface area contributed by atoms with Gasteiger partial charge in [0, 0.05) is 6.42 Å². The van der Waals surface area contributed by atoms with Crippen molar-refractivity contribution in [3.05, 3.63) is 34.6 Å². The van der Waals surface area contributed by atoms with Gasteiger partial charge < -0.3 is 15.5 Å². The number of hydrogen-bond donors (Lipinski definition) is 3. The Morgan fingerprint density at radius 1 is 1.30 bits per heavy atom. The predicted octanol–water partition coefficient (Wildman–Crippen LogP) is 1.53. The molecule has 6 nitrogen and oxygen atoms in total. The quantitative estimate of drug-likeness (QED) is 0.739. The van der Waals surface area contributed by atoms with Gasteiger partial charge in [0.25, 0.3) is 5.91 Å². The SMILES string of the molecule is O=C(O)CCC(NC(=O)c1cccc(F)c1Cl)C(=O)O. The van der Waals surface area contributed by atoms with E-state index in [1.54, 1.807) is 0 Å². The summed E-state index contributed by atoms with van der Waals surface area (Å²) in [5, 5.41) is 19.1. The summed E-state index contributed by atoms with van der Waals surface area (Å²) in [7, 11) is 0. The second-order valence-electron chi connectivity index (χ2n) is 3.90. The highest BCUT2D eigenvalue weighted by molar-refractivity contribution is 6.34. The molecule has 1 amide bonds. The Hall–Kier alpha value is -2.15. The van der Waals surface area contributed by atoms with Crippen LogP contribution in [0, 0.1) is 5.82 Å². The molecule has 0 bridgehead atoms. The lowest BCUT2D eigenvalue weighted by atomic mass is 10.1. The van der Waals surface area contributed by atoms with E-state index in [1.807, 2.05) is 0 Å². The Morgan fingerprint density at radius 3 is 2.50 bits per heavy atom. The van der Waals surface area contributed by atoms with E-state index in [1.165, 1.54) is 12.1 Å². The number of hydrogen-bond acceptors (Lipinski definition) is 3. The van der Waals surface area contributed by atoms with Gasteiger partial charge in [0.05, 0.1) is 10.6 Å². The van der Waals surface area contributed by atoms with E-state index < -0.39 is 41.1 Å². The molecule has 108 valence electrons. The fourth-order valence-corrected chi connectivity index (χ4v) is 1.65. The Bertz CT molecular complexity index is 549. The molecular formula is C12H11ClFNO5. The van der Waals surface area contributed by atoms with Crippen molar-refractivity contribution in [1.82, 2.24) is 5.32 Å². The summed E-state index contributed by atoms with van der Waals surface area (Å²) in [5.74, 6) is -4.26. The zero-order chi connectivity index (χ0) is 15.3. The van der Waals surface area contributed by atoms with Crippen LogP contribution in [0.4, 0.5) is 4.39 Å². The van der Waals surface area contributed by atoms with Crippen molar-refractivity contribution in [3.8, 4) is 0 Å². The summed E-state index contributed by atoms with van der Waals surface area (Å²) < 4.78 is 13.2. The number of rotatable bonds is 6. The van der Waals surface area contributed by atoms with Crippen molar-refractivity contribution >= 4 is 29.4 Å². The second kappa shape index (κ2) is 6.85. The molecule has 1 atom stereocenters. The van der Waals surface area contributed by atoms with Crippen LogP contribution in [0.1, 0.15) is 23.2 Å². The molecule has 8 heteroatoms. The van der Waals surface area contributed by atoms with E-state index in [4.69, 9.17) is 21.8 Å². The molecule has 0 aliphatic rings. The highest BCUT2D eigenvalue weighted by Crippen LogP contribution is 2.19. The van der Waals surface area contributed by atoms with Crippen molar-refractivity contribution < 1.29 is 29.0 Å². The Kier molecular flexibility index (Phi) is 5.45. The fourth-order valence-electron chi connectivity index (χ4n) is 1.44. The zero-order valence-electron chi connectivity index (χ0n) is 10.1. The molecule has 0 aliphatic carbocycles. The van der Waals surface area contributed by atoms with Gasteiger partial charge in [-0.2, -0.15) is 0 Å². The summed E-state index contributed by atoms with van der Waals surface area (Å²) in [5.41, 5.74) is -0.215. The third kappa shape index (κ3) is 4.20. The van der Waals surface area contributed by atoms with Crippen molar-refractivity contribution in [1.29, 1.82) is 0 Å². The van der Waals surface area contributed by atoms with Crippen LogP contribution in [0.3, 0.4) is 0 Å².